The zero-order valence-corrected chi connectivity index (χ0v) is 15.9. The quantitative estimate of drug-likeness (QED) is 0.878. The number of fused-ring (bicyclic) bond motifs is 1. The molecule has 26 heavy (non-hydrogen) atoms. The van der Waals surface area contributed by atoms with Crippen molar-refractivity contribution in [1.29, 1.82) is 0 Å². The van der Waals surface area contributed by atoms with E-state index in [9.17, 15) is 13.2 Å². The third-order valence-corrected chi connectivity index (χ3v) is 5.91. The van der Waals surface area contributed by atoms with Gasteiger partial charge in [-0.1, -0.05) is 44.2 Å². The van der Waals surface area contributed by atoms with Gasteiger partial charge in [0.2, 0.25) is 10.0 Å². The van der Waals surface area contributed by atoms with Gasteiger partial charge in [-0.15, -0.1) is 0 Å². The summed E-state index contributed by atoms with van der Waals surface area (Å²) in [6, 6.07) is 14.4. The molecule has 1 aliphatic heterocycles. The lowest BCUT2D eigenvalue weighted by Gasteiger charge is -2.29. The smallest absolute Gasteiger partial charge is 0.254 e. The Morgan fingerprint density at radius 2 is 1.85 bits per heavy atom. The number of hydrogen-bond donors (Lipinski definition) is 1. The summed E-state index contributed by atoms with van der Waals surface area (Å²) in [6.07, 6.45) is 0.815. The first-order valence-corrected chi connectivity index (χ1v) is 10.3. The number of rotatable bonds is 5. The van der Waals surface area contributed by atoms with Crippen LogP contribution in [-0.2, 0) is 23.0 Å². The van der Waals surface area contributed by atoms with Crippen molar-refractivity contribution in [2.24, 2.45) is 5.92 Å². The van der Waals surface area contributed by atoms with Crippen LogP contribution >= 0.6 is 0 Å². The predicted molar refractivity (Wildman–Crippen MR) is 101 cm³/mol. The zero-order chi connectivity index (χ0) is 18.7. The molecule has 0 aromatic heterocycles. The first-order valence-electron chi connectivity index (χ1n) is 8.82. The summed E-state index contributed by atoms with van der Waals surface area (Å²) in [6.45, 7) is 5.44. The van der Waals surface area contributed by atoms with Crippen LogP contribution < -0.4 is 4.72 Å². The van der Waals surface area contributed by atoms with Gasteiger partial charge < -0.3 is 4.90 Å². The Balaban J connectivity index is 1.79. The minimum atomic E-state index is -3.61. The fourth-order valence-corrected chi connectivity index (χ4v) is 4.27. The van der Waals surface area contributed by atoms with Crippen LogP contribution in [0.2, 0.25) is 0 Å². The van der Waals surface area contributed by atoms with Gasteiger partial charge in [0, 0.05) is 25.2 Å². The third kappa shape index (κ3) is 4.14. The van der Waals surface area contributed by atoms with Crippen LogP contribution in [0, 0.1) is 5.92 Å². The fourth-order valence-electron chi connectivity index (χ4n) is 3.01. The Bertz CT molecular complexity index is 907. The molecular weight excluding hydrogens is 348 g/mol. The van der Waals surface area contributed by atoms with E-state index in [1.54, 1.807) is 17.0 Å². The molecule has 0 saturated carbocycles. The van der Waals surface area contributed by atoms with Crippen LogP contribution in [0.25, 0.3) is 0 Å². The molecule has 3 rings (SSSR count). The summed E-state index contributed by atoms with van der Waals surface area (Å²) in [5.74, 6) is 0.0726. The molecule has 0 unspecified atom stereocenters. The first kappa shape index (κ1) is 18.6. The fraction of sp³-hybridized carbons (Fsp3) is 0.350. The Hall–Kier alpha value is -2.18. The van der Waals surface area contributed by atoms with Crippen molar-refractivity contribution in [3.05, 3.63) is 65.2 Å². The molecule has 0 saturated heterocycles. The zero-order valence-electron chi connectivity index (χ0n) is 15.1. The van der Waals surface area contributed by atoms with Crippen LogP contribution in [0.4, 0.5) is 0 Å². The van der Waals surface area contributed by atoms with Crippen LogP contribution in [0.5, 0.6) is 0 Å². The number of nitrogens with one attached hydrogen (secondary N) is 1. The van der Waals surface area contributed by atoms with E-state index >= 15 is 0 Å². The number of carbonyl (C=O) groups is 1. The van der Waals surface area contributed by atoms with E-state index in [2.05, 4.69) is 10.8 Å². The highest BCUT2D eigenvalue weighted by Crippen LogP contribution is 2.21. The number of hydrogen-bond acceptors (Lipinski definition) is 3. The maximum atomic E-state index is 12.9. The van der Waals surface area contributed by atoms with Crippen molar-refractivity contribution in [3.8, 4) is 0 Å². The Morgan fingerprint density at radius 1 is 1.12 bits per heavy atom. The van der Waals surface area contributed by atoms with Gasteiger partial charge in [0.25, 0.3) is 5.91 Å². The molecular formula is C20H24N2O3S. The van der Waals surface area contributed by atoms with E-state index < -0.39 is 10.0 Å². The largest absolute Gasteiger partial charge is 0.334 e. The van der Waals surface area contributed by atoms with Crippen LogP contribution in [0.1, 0.15) is 35.3 Å². The first-order chi connectivity index (χ1) is 12.4. The Kier molecular flexibility index (Phi) is 5.44. The normalized spacial score (nSPS) is 14.3. The lowest BCUT2D eigenvalue weighted by Crippen LogP contribution is -2.36. The molecule has 0 radical (unpaired) electrons. The predicted octanol–water partition coefficient (Wildman–Crippen LogP) is 2.82. The maximum Gasteiger partial charge on any atom is 0.254 e. The highest BCUT2D eigenvalue weighted by Gasteiger charge is 2.23. The van der Waals surface area contributed by atoms with Gasteiger partial charge in [-0.2, -0.15) is 0 Å². The summed E-state index contributed by atoms with van der Waals surface area (Å²) in [5.41, 5.74) is 2.82. The minimum Gasteiger partial charge on any atom is -0.334 e. The number of amides is 1. The summed E-state index contributed by atoms with van der Waals surface area (Å²) in [7, 11) is -3.61. The SMILES string of the molecule is CC(C)CNS(=O)(=O)c1cccc(C(=O)N2CCc3ccccc3C2)c1. The van der Waals surface area contributed by atoms with Crippen LogP contribution in [0.15, 0.2) is 53.4 Å². The van der Waals surface area contributed by atoms with Crippen LogP contribution in [0.3, 0.4) is 0 Å². The molecule has 5 nitrogen and oxygen atoms in total. The van der Waals surface area contributed by atoms with Gasteiger partial charge >= 0.3 is 0 Å². The standard InChI is InChI=1S/C20H24N2O3S/c1-15(2)13-21-26(24,25)19-9-5-8-17(12-19)20(23)22-11-10-16-6-3-4-7-18(16)14-22/h3-9,12,15,21H,10-11,13-14H2,1-2H3. The highest BCUT2D eigenvalue weighted by molar-refractivity contribution is 7.89. The number of nitrogens with zero attached hydrogens (tertiary/aromatic N) is 1. The number of benzene rings is 2. The molecule has 1 aliphatic rings. The second-order valence-corrected chi connectivity index (χ2v) is 8.79. The van der Waals surface area contributed by atoms with Gasteiger partial charge in [-0.25, -0.2) is 13.1 Å². The lowest BCUT2D eigenvalue weighted by molar-refractivity contribution is 0.0734. The van der Waals surface area contributed by atoms with Crippen molar-refractivity contribution in [2.75, 3.05) is 13.1 Å². The monoisotopic (exact) mass is 372 g/mol. The van der Waals surface area contributed by atoms with E-state index in [1.165, 1.54) is 17.7 Å². The van der Waals surface area contributed by atoms with Crippen molar-refractivity contribution in [3.63, 3.8) is 0 Å². The van der Waals surface area contributed by atoms with E-state index in [1.807, 2.05) is 32.0 Å². The molecule has 1 heterocycles. The van der Waals surface area contributed by atoms with E-state index in [0.717, 1.165) is 12.0 Å². The molecule has 0 fully saturated rings. The summed E-state index contributed by atoms with van der Waals surface area (Å²) in [4.78, 5) is 14.8. The third-order valence-electron chi connectivity index (χ3n) is 4.49. The lowest BCUT2D eigenvalue weighted by atomic mass is 9.99. The number of sulfonamides is 1. The van der Waals surface area contributed by atoms with Crippen molar-refractivity contribution in [2.45, 2.75) is 31.7 Å². The summed E-state index contributed by atoms with van der Waals surface area (Å²) in [5, 5.41) is 0. The second kappa shape index (κ2) is 7.60. The second-order valence-electron chi connectivity index (χ2n) is 7.02. The Morgan fingerprint density at radius 3 is 2.58 bits per heavy atom. The van der Waals surface area contributed by atoms with Gasteiger partial charge in [-0.3, -0.25) is 4.79 Å². The highest BCUT2D eigenvalue weighted by atomic mass is 32.2. The topological polar surface area (TPSA) is 66.5 Å². The number of carbonyl (C=O) groups excluding carboxylic acids is 1. The van der Waals surface area contributed by atoms with E-state index in [-0.39, 0.29) is 16.7 Å². The van der Waals surface area contributed by atoms with Gasteiger partial charge in [0.1, 0.15) is 0 Å². The van der Waals surface area contributed by atoms with Gasteiger partial charge in [0.05, 0.1) is 4.90 Å². The van der Waals surface area contributed by atoms with E-state index in [0.29, 0.717) is 25.2 Å². The molecule has 6 heteroatoms. The molecule has 1 amide bonds. The molecule has 0 aliphatic carbocycles. The summed E-state index contributed by atoms with van der Waals surface area (Å²) < 4.78 is 27.4. The van der Waals surface area contributed by atoms with Crippen molar-refractivity contribution < 1.29 is 13.2 Å². The molecule has 0 bridgehead atoms. The minimum absolute atomic E-state index is 0.126. The molecule has 138 valence electrons. The maximum absolute atomic E-state index is 12.9. The van der Waals surface area contributed by atoms with Crippen molar-refractivity contribution in [1.82, 2.24) is 9.62 Å². The van der Waals surface area contributed by atoms with Crippen molar-refractivity contribution >= 4 is 15.9 Å². The molecule has 2 aromatic carbocycles. The van der Waals surface area contributed by atoms with Gasteiger partial charge in [-0.05, 0) is 41.7 Å². The van der Waals surface area contributed by atoms with E-state index in [4.69, 9.17) is 0 Å². The van der Waals surface area contributed by atoms with Gasteiger partial charge in [0.15, 0.2) is 0 Å². The molecule has 2 aromatic rings. The average molecular weight is 372 g/mol. The molecule has 1 N–H and O–H groups in total. The van der Waals surface area contributed by atoms with Crippen LogP contribution in [-0.4, -0.2) is 32.3 Å². The molecule has 0 atom stereocenters. The average Bonchev–Trinajstić information content (AvgIpc) is 2.65. The Labute approximate surface area is 155 Å². The molecule has 0 spiro atoms. The summed E-state index contributed by atoms with van der Waals surface area (Å²) >= 11 is 0.